The summed E-state index contributed by atoms with van der Waals surface area (Å²) in [7, 11) is 0. The lowest BCUT2D eigenvalue weighted by Crippen LogP contribution is -2.35. The van der Waals surface area contributed by atoms with Crippen LogP contribution in [0.2, 0.25) is 0 Å². The highest BCUT2D eigenvalue weighted by Gasteiger charge is 2.26. The molecule has 0 atom stereocenters. The molecule has 0 saturated carbocycles. The predicted octanol–water partition coefficient (Wildman–Crippen LogP) is 3.30. The van der Waals surface area contributed by atoms with E-state index in [0.717, 1.165) is 35.5 Å². The van der Waals surface area contributed by atoms with Crippen molar-refractivity contribution in [1.82, 2.24) is 10.1 Å². The number of rotatable bonds is 2. The Balaban J connectivity index is 1.77. The number of aryl methyl sites for hydroxylation is 1. The number of amides is 1. The fourth-order valence-electron chi connectivity index (χ4n) is 2.75. The Bertz CT molecular complexity index is 656. The maximum absolute atomic E-state index is 12.6. The highest BCUT2D eigenvalue weighted by Crippen LogP contribution is 2.23. The molecule has 2 aromatic rings. The standard InChI is InChI=1S/C17H20N2O2/c1-11(2)13-4-6-14(7-5-13)17(20)19-9-8-15-12(3)18-21-16(15)10-19/h4-7,11H,8-10H2,1-3H3. The quantitative estimate of drug-likeness (QED) is 0.850. The molecule has 1 aliphatic rings. The number of fused-ring (bicyclic) bond motifs is 1. The molecule has 1 aromatic heterocycles. The van der Waals surface area contributed by atoms with Crippen LogP contribution in [0.5, 0.6) is 0 Å². The van der Waals surface area contributed by atoms with E-state index >= 15 is 0 Å². The first kappa shape index (κ1) is 13.9. The second-order valence-electron chi connectivity index (χ2n) is 5.92. The van der Waals surface area contributed by atoms with Gasteiger partial charge in [0, 0.05) is 17.7 Å². The summed E-state index contributed by atoms with van der Waals surface area (Å²) < 4.78 is 5.31. The van der Waals surface area contributed by atoms with Crippen molar-refractivity contribution in [3.05, 3.63) is 52.4 Å². The molecule has 21 heavy (non-hydrogen) atoms. The van der Waals surface area contributed by atoms with Gasteiger partial charge in [-0.1, -0.05) is 31.1 Å². The molecule has 0 bridgehead atoms. The largest absolute Gasteiger partial charge is 0.359 e. The normalized spacial score (nSPS) is 14.4. The van der Waals surface area contributed by atoms with Gasteiger partial charge in [0.25, 0.3) is 5.91 Å². The van der Waals surface area contributed by atoms with Gasteiger partial charge in [0.15, 0.2) is 5.76 Å². The van der Waals surface area contributed by atoms with Crippen LogP contribution in [0.25, 0.3) is 0 Å². The molecule has 3 rings (SSSR count). The Kier molecular flexibility index (Phi) is 3.53. The smallest absolute Gasteiger partial charge is 0.254 e. The van der Waals surface area contributed by atoms with Crippen LogP contribution in [0, 0.1) is 6.92 Å². The van der Waals surface area contributed by atoms with E-state index in [-0.39, 0.29) is 5.91 Å². The van der Waals surface area contributed by atoms with Crippen LogP contribution >= 0.6 is 0 Å². The summed E-state index contributed by atoms with van der Waals surface area (Å²) in [6.45, 7) is 7.48. The molecule has 1 aliphatic heterocycles. The zero-order valence-corrected chi connectivity index (χ0v) is 12.7. The SMILES string of the molecule is Cc1noc2c1CCN(C(=O)c1ccc(C(C)C)cc1)C2. The Hall–Kier alpha value is -2.10. The van der Waals surface area contributed by atoms with Crippen LogP contribution in [0.15, 0.2) is 28.8 Å². The molecule has 0 radical (unpaired) electrons. The van der Waals surface area contributed by atoms with Crippen molar-refractivity contribution in [3.8, 4) is 0 Å². The third kappa shape index (κ3) is 2.58. The van der Waals surface area contributed by atoms with Crippen LogP contribution in [-0.2, 0) is 13.0 Å². The molecular weight excluding hydrogens is 264 g/mol. The minimum Gasteiger partial charge on any atom is -0.359 e. The number of hydrogen-bond acceptors (Lipinski definition) is 3. The molecule has 0 spiro atoms. The van der Waals surface area contributed by atoms with Crippen molar-refractivity contribution >= 4 is 5.91 Å². The van der Waals surface area contributed by atoms with Crippen molar-refractivity contribution in [2.75, 3.05) is 6.54 Å². The second-order valence-corrected chi connectivity index (χ2v) is 5.92. The number of carbonyl (C=O) groups excluding carboxylic acids is 1. The monoisotopic (exact) mass is 284 g/mol. The number of benzene rings is 1. The lowest BCUT2D eigenvalue weighted by Gasteiger charge is -2.25. The van der Waals surface area contributed by atoms with E-state index in [1.807, 2.05) is 36.1 Å². The van der Waals surface area contributed by atoms with Crippen molar-refractivity contribution < 1.29 is 9.32 Å². The van der Waals surface area contributed by atoms with Crippen LogP contribution < -0.4 is 0 Å². The Labute approximate surface area is 124 Å². The summed E-state index contributed by atoms with van der Waals surface area (Å²) in [4.78, 5) is 14.4. The molecular formula is C17H20N2O2. The van der Waals surface area contributed by atoms with E-state index in [9.17, 15) is 4.79 Å². The van der Waals surface area contributed by atoms with Gasteiger partial charge in [0.1, 0.15) is 0 Å². The molecule has 0 fully saturated rings. The molecule has 1 aromatic carbocycles. The maximum atomic E-state index is 12.6. The average Bonchev–Trinajstić information content (AvgIpc) is 2.87. The van der Waals surface area contributed by atoms with Gasteiger partial charge in [0.2, 0.25) is 0 Å². The van der Waals surface area contributed by atoms with Crippen molar-refractivity contribution in [2.45, 2.75) is 39.7 Å². The molecule has 0 aliphatic carbocycles. The Morgan fingerprint density at radius 1 is 1.29 bits per heavy atom. The van der Waals surface area contributed by atoms with Crippen LogP contribution in [0.3, 0.4) is 0 Å². The number of carbonyl (C=O) groups is 1. The van der Waals surface area contributed by atoms with Crippen LogP contribution in [0.4, 0.5) is 0 Å². The van der Waals surface area contributed by atoms with Crippen molar-refractivity contribution in [2.24, 2.45) is 0 Å². The van der Waals surface area contributed by atoms with Gasteiger partial charge in [-0.2, -0.15) is 0 Å². The van der Waals surface area contributed by atoms with E-state index in [1.54, 1.807) is 0 Å². The van der Waals surface area contributed by atoms with E-state index in [0.29, 0.717) is 12.5 Å². The van der Waals surface area contributed by atoms with Gasteiger partial charge in [-0.25, -0.2) is 0 Å². The third-order valence-corrected chi connectivity index (χ3v) is 4.14. The molecule has 0 unspecified atom stereocenters. The first-order valence-corrected chi connectivity index (χ1v) is 7.39. The lowest BCUT2D eigenvalue weighted by molar-refractivity contribution is 0.0716. The van der Waals surface area contributed by atoms with Crippen molar-refractivity contribution in [3.63, 3.8) is 0 Å². The molecule has 0 saturated heterocycles. The minimum atomic E-state index is 0.0602. The molecule has 110 valence electrons. The van der Waals surface area contributed by atoms with Crippen molar-refractivity contribution in [1.29, 1.82) is 0 Å². The highest BCUT2D eigenvalue weighted by molar-refractivity contribution is 5.94. The summed E-state index contributed by atoms with van der Waals surface area (Å²) in [5.41, 5.74) is 4.09. The fourth-order valence-corrected chi connectivity index (χ4v) is 2.75. The summed E-state index contributed by atoms with van der Waals surface area (Å²) in [6, 6.07) is 7.90. The van der Waals surface area contributed by atoms with Gasteiger partial charge < -0.3 is 9.42 Å². The Morgan fingerprint density at radius 3 is 2.67 bits per heavy atom. The summed E-state index contributed by atoms with van der Waals surface area (Å²) in [5, 5.41) is 3.98. The number of aromatic nitrogens is 1. The predicted molar refractivity (Wildman–Crippen MR) is 80.2 cm³/mol. The van der Waals surface area contributed by atoms with E-state index in [1.165, 1.54) is 5.56 Å². The van der Waals surface area contributed by atoms with Gasteiger partial charge in [0.05, 0.1) is 12.2 Å². The maximum Gasteiger partial charge on any atom is 0.254 e. The molecule has 0 N–H and O–H groups in total. The summed E-state index contributed by atoms with van der Waals surface area (Å²) >= 11 is 0. The molecule has 4 nitrogen and oxygen atoms in total. The van der Waals surface area contributed by atoms with Crippen LogP contribution in [-0.4, -0.2) is 22.5 Å². The topological polar surface area (TPSA) is 46.3 Å². The van der Waals surface area contributed by atoms with Crippen LogP contribution in [0.1, 0.15) is 52.7 Å². The molecule has 2 heterocycles. The Morgan fingerprint density at radius 2 is 2.00 bits per heavy atom. The second kappa shape index (κ2) is 5.35. The fraction of sp³-hybridized carbons (Fsp3) is 0.412. The number of hydrogen-bond donors (Lipinski definition) is 0. The molecule has 4 heteroatoms. The summed E-state index contributed by atoms with van der Waals surface area (Å²) in [6.07, 6.45) is 0.820. The zero-order chi connectivity index (χ0) is 15.0. The minimum absolute atomic E-state index is 0.0602. The first-order valence-electron chi connectivity index (χ1n) is 7.39. The highest BCUT2D eigenvalue weighted by atomic mass is 16.5. The van der Waals surface area contributed by atoms with Gasteiger partial charge in [-0.05, 0) is 37.0 Å². The summed E-state index contributed by atoms with van der Waals surface area (Å²) in [5.74, 6) is 1.36. The average molecular weight is 284 g/mol. The zero-order valence-electron chi connectivity index (χ0n) is 12.7. The van der Waals surface area contributed by atoms with E-state index in [4.69, 9.17) is 4.52 Å². The van der Waals surface area contributed by atoms with E-state index < -0.39 is 0 Å². The molecule has 1 amide bonds. The first-order chi connectivity index (χ1) is 10.1. The van der Waals surface area contributed by atoms with Gasteiger partial charge in [-0.15, -0.1) is 0 Å². The van der Waals surface area contributed by atoms with E-state index in [2.05, 4.69) is 19.0 Å². The van der Waals surface area contributed by atoms with Gasteiger partial charge in [-0.3, -0.25) is 4.79 Å². The third-order valence-electron chi connectivity index (χ3n) is 4.14. The lowest BCUT2D eigenvalue weighted by atomic mass is 10.0. The number of nitrogens with zero attached hydrogens (tertiary/aromatic N) is 2. The van der Waals surface area contributed by atoms with Gasteiger partial charge >= 0.3 is 0 Å².